The molecule has 0 aliphatic rings. The zero-order valence-corrected chi connectivity index (χ0v) is 12.3. The van der Waals surface area contributed by atoms with E-state index in [4.69, 9.17) is 21.4 Å². The van der Waals surface area contributed by atoms with Crippen molar-refractivity contribution in [3.63, 3.8) is 0 Å². The van der Waals surface area contributed by atoms with Gasteiger partial charge in [-0.25, -0.2) is 0 Å². The van der Waals surface area contributed by atoms with Crippen LogP contribution in [0.5, 0.6) is 5.75 Å². The minimum absolute atomic E-state index is 0.0761. The summed E-state index contributed by atoms with van der Waals surface area (Å²) < 4.78 is 5.52. The van der Waals surface area contributed by atoms with Gasteiger partial charge in [-0.15, -0.1) is 0 Å². The predicted molar refractivity (Wildman–Crippen MR) is 76.0 cm³/mol. The molecule has 0 fully saturated rings. The number of aliphatic carboxylic acids is 1. The Morgan fingerprint density at radius 2 is 1.95 bits per heavy atom. The van der Waals surface area contributed by atoms with Crippen molar-refractivity contribution in [2.24, 2.45) is 0 Å². The minimum atomic E-state index is -0.928. The monoisotopic (exact) mass is 299 g/mol. The summed E-state index contributed by atoms with van der Waals surface area (Å²) in [4.78, 5) is 24.2. The normalized spacial score (nSPS) is 11.8. The predicted octanol–water partition coefficient (Wildman–Crippen LogP) is 2.43. The lowest BCUT2D eigenvalue weighted by molar-refractivity contribution is -0.140. The molecule has 0 saturated carbocycles. The van der Waals surface area contributed by atoms with E-state index in [2.05, 4.69) is 0 Å². The Bertz CT molecular complexity index is 461. The van der Waals surface area contributed by atoms with Crippen molar-refractivity contribution < 1.29 is 19.4 Å². The van der Waals surface area contributed by atoms with Crippen molar-refractivity contribution in [3.8, 4) is 5.75 Å². The molecule has 0 spiro atoms. The molecule has 110 valence electrons. The fourth-order valence-electron chi connectivity index (χ4n) is 1.68. The lowest BCUT2D eigenvalue weighted by atomic mass is 10.3. The molecule has 1 unspecified atom stereocenters. The smallest absolute Gasteiger partial charge is 0.305 e. The van der Waals surface area contributed by atoms with Gasteiger partial charge in [-0.3, -0.25) is 9.59 Å². The van der Waals surface area contributed by atoms with Gasteiger partial charge in [0.2, 0.25) is 0 Å². The Kier molecular flexibility index (Phi) is 6.31. The van der Waals surface area contributed by atoms with Gasteiger partial charge >= 0.3 is 5.97 Å². The number of hydrogen-bond acceptors (Lipinski definition) is 3. The van der Waals surface area contributed by atoms with Gasteiger partial charge in [0.05, 0.1) is 6.42 Å². The molecule has 0 heterocycles. The lowest BCUT2D eigenvalue weighted by Gasteiger charge is -2.24. The van der Waals surface area contributed by atoms with Gasteiger partial charge in [-0.1, -0.05) is 11.6 Å². The summed E-state index contributed by atoms with van der Waals surface area (Å²) in [6, 6.07) is 6.71. The third-order valence-corrected chi connectivity index (χ3v) is 3.02. The second-order valence-corrected chi connectivity index (χ2v) is 4.71. The molecule has 20 heavy (non-hydrogen) atoms. The van der Waals surface area contributed by atoms with E-state index in [0.29, 0.717) is 17.3 Å². The van der Waals surface area contributed by atoms with Crippen LogP contribution in [0.4, 0.5) is 0 Å². The number of benzene rings is 1. The van der Waals surface area contributed by atoms with E-state index >= 15 is 0 Å². The molecule has 1 amide bonds. The molecule has 1 atom stereocenters. The number of likely N-dealkylation sites (N-methyl/N-ethyl adjacent to an activating group) is 1. The maximum Gasteiger partial charge on any atom is 0.305 e. The third-order valence-electron chi connectivity index (χ3n) is 2.76. The van der Waals surface area contributed by atoms with E-state index in [9.17, 15) is 9.59 Å². The van der Waals surface area contributed by atoms with Crippen LogP contribution in [0.15, 0.2) is 24.3 Å². The molecule has 0 saturated heterocycles. The van der Waals surface area contributed by atoms with E-state index in [1.54, 1.807) is 38.1 Å². The maximum absolute atomic E-state index is 12.1. The first-order valence-electron chi connectivity index (χ1n) is 6.36. The summed E-state index contributed by atoms with van der Waals surface area (Å²) in [5, 5.41) is 9.25. The number of nitrogens with zero attached hydrogens (tertiary/aromatic N) is 1. The number of carbonyl (C=O) groups excluding carboxylic acids is 1. The molecular weight excluding hydrogens is 282 g/mol. The molecule has 1 aromatic rings. The first-order valence-corrected chi connectivity index (χ1v) is 6.74. The number of hydrogen-bond donors (Lipinski definition) is 1. The van der Waals surface area contributed by atoms with Crippen LogP contribution >= 0.6 is 11.6 Å². The van der Waals surface area contributed by atoms with Gasteiger partial charge in [-0.05, 0) is 38.1 Å². The highest BCUT2D eigenvalue weighted by atomic mass is 35.5. The summed E-state index contributed by atoms with van der Waals surface area (Å²) >= 11 is 5.77. The zero-order chi connectivity index (χ0) is 15.1. The molecule has 1 rings (SSSR count). The summed E-state index contributed by atoms with van der Waals surface area (Å²) in [5.74, 6) is -0.615. The number of amides is 1. The number of ether oxygens (including phenoxy) is 1. The van der Waals surface area contributed by atoms with Crippen LogP contribution in [0.3, 0.4) is 0 Å². The number of carbonyl (C=O) groups is 2. The van der Waals surface area contributed by atoms with Crippen LogP contribution in [0.1, 0.15) is 20.3 Å². The van der Waals surface area contributed by atoms with Crippen molar-refractivity contribution in [1.29, 1.82) is 0 Å². The number of rotatable bonds is 7. The second-order valence-electron chi connectivity index (χ2n) is 4.28. The van der Waals surface area contributed by atoms with E-state index in [1.165, 1.54) is 4.90 Å². The van der Waals surface area contributed by atoms with Gasteiger partial charge in [0.15, 0.2) is 6.10 Å². The van der Waals surface area contributed by atoms with E-state index in [-0.39, 0.29) is 18.9 Å². The van der Waals surface area contributed by atoms with Crippen LogP contribution in [-0.4, -0.2) is 41.1 Å². The Balaban J connectivity index is 2.59. The van der Waals surface area contributed by atoms with Gasteiger partial charge in [0.1, 0.15) is 5.75 Å². The first kappa shape index (κ1) is 16.3. The highest BCUT2D eigenvalue weighted by molar-refractivity contribution is 6.30. The summed E-state index contributed by atoms with van der Waals surface area (Å²) in [6.07, 6.45) is -0.752. The minimum Gasteiger partial charge on any atom is -0.481 e. The zero-order valence-electron chi connectivity index (χ0n) is 11.5. The van der Waals surface area contributed by atoms with Crippen LogP contribution in [0.2, 0.25) is 5.02 Å². The fraction of sp³-hybridized carbons (Fsp3) is 0.429. The van der Waals surface area contributed by atoms with Gasteiger partial charge in [-0.2, -0.15) is 0 Å². The Hall–Kier alpha value is -1.75. The SMILES string of the molecule is CCN(CCC(=O)O)C(=O)C(C)Oc1ccc(Cl)cc1. The molecule has 5 nitrogen and oxygen atoms in total. The molecule has 1 aromatic carbocycles. The molecule has 0 aliphatic carbocycles. The highest BCUT2D eigenvalue weighted by Crippen LogP contribution is 2.17. The average Bonchev–Trinajstić information content (AvgIpc) is 2.41. The van der Waals surface area contributed by atoms with Gasteiger partial charge in [0, 0.05) is 18.1 Å². The topological polar surface area (TPSA) is 66.8 Å². The Morgan fingerprint density at radius 1 is 1.35 bits per heavy atom. The maximum atomic E-state index is 12.1. The van der Waals surface area contributed by atoms with E-state index in [0.717, 1.165) is 0 Å². The third kappa shape index (κ3) is 5.09. The molecule has 6 heteroatoms. The van der Waals surface area contributed by atoms with Crippen molar-refractivity contribution in [2.45, 2.75) is 26.4 Å². The van der Waals surface area contributed by atoms with Crippen molar-refractivity contribution >= 4 is 23.5 Å². The Morgan fingerprint density at radius 3 is 2.45 bits per heavy atom. The van der Waals surface area contributed by atoms with Crippen molar-refractivity contribution in [1.82, 2.24) is 4.90 Å². The van der Waals surface area contributed by atoms with E-state index < -0.39 is 12.1 Å². The van der Waals surface area contributed by atoms with Crippen molar-refractivity contribution in [2.75, 3.05) is 13.1 Å². The van der Waals surface area contributed by atoms with Crippen LogP contribution < -0.4 is 4.74 Å². The van der Waals surface area contributed by atoms with Gasteiger partial charge in [0.25, 0.3) is 5.91 Å². The Labute approximate surface area is 123 Å². The quantitative estimate of drug-likeness (QED) is 0.839. The summed E-state index contributed by atoms with van der Waals surface area (Å²) in [7, 11) is 0. The van der Waals surface area contributed by atoms with Crippen LogP contribution in [0.25, 0.3) is 0 Å². The second kappa shape index (κ2) is 7.75. The average molecular weight is 300 g/mol. The lowest BCUT2D eigenvalue weighted by Crippen LogP contribution is -2.41. The van der Waals surface area contributed by atoms with E-state index in [1.807, 2.05) is 0 Å². The highest BCUT2D eigenvalue weighted by Gasteiger charge is 2.21. The fourth-order valence-corrected chi connectivity index (χ4v) is 1.81. The molecular formula is C14H18ClNO4. The van der Waals surface area contributed by atoms with Gasteiger partial charge < -0.3 is 14.7 Å². The van der Waals surface area contributed by atoms with Crippen molar-refractivity contribution in [3.05, 3.63) is 29.3 Å². The molecule has 0 aliphatic heterocycles. The van der Waals surface area contributed by atoms with Crippen LogP contribution in [0, 0.1) is 0 Å². The summed E-state index contributed by atoms with van der Waals surface area (Å²) in [6.45, 7) is 4.06. The molecule has 0 bridgehead atoms. The largest absolute Gasteiger partial charge is 0.481 e. The van der Waals surface area contributed by atoms with Crippen LogP contribution in [-0.2, 0) is 9.59 Å². The number of halogens is 1. The summed E-state index contributed by atoms with van der Waals surface area (Å²) in [5.41, 5.74) is 0. The molecule has 1 N–H and O–H groups in total. The standard InChI is InChI=1S/C14H18ClNO4/c1-3-16(9-8-13(17)18)14(19)10(2)20-12-6-4-11(15)5-7-12/h4-7,10H,3,8-9H2,1-2H3,(H,17,18). The molecule has 0 aromatic heterocycles. The molecule has 0 radical (unpaired) electrons. The number of carboxylic acid groups (broad SMARTS) is 1. The number of carboxylic acids is 1. The first-order chi connectivity index (χ1) is 9.43.